The van der Waals surface area contributed by atoms with Crippen molar-refractivity contribution in [2.45, 2.75) is 38.8 Å². The van der Waals surface area contributed by atoms with Gasteiger partial charge in [0.2, 0.25) is 10.0 Å². The summed E-state index contributed by atoms with van der Waals surface area (Å²) in [6, 6.07) is 4.83. The Morgan fingerprint density at radius 2 is 1.96 bits per heavy atom. The minimum absolute atomic E-state index is 0.00644. The molecule has 3 rings (SSSR count). The highest BCUT2D eigenvalue weighted by molar-refractivity contribution is 7.89. The van der Waals surface area contributed by atoms with Gasteiger partial charge in [-0.3, -0.25) is 0 Å². The van der Waals surface area contributed by atoms with E-state index in [1.54, 1.807) is 25.1 Å². The van der Waals surface area contributed by atoms with Crippen LogP contribution in [0.2, 0.25) is 0 Å². The second-order valence-corrected chi connectivity index (χ2v) is 9.79. The first kappa shape index (κ1) is 20.4. The van der Waals surface area contributed by atoms with Crippen molar-refractivity contribution in [1.29, 1.82) is 0 Å². The van der Waals surface area contributed by atoms with E-state index in [-0.39, 0.29) is 11.5 Å². The Bertz CT molecular complexity index is 1150. The number of imidazole rings is 1. The topological polar surface area (TPSA) is 94.4 Å². The Morgan fingerprint density at radius 3 is 2.54 bits per heavy atom. The largest absolute Gasteiger partial charge is 0.453 e. The minimum atomic E-state index is -3.55. The number of thiazole rings is 1. The lowest BCUT2D eigenvalue weighted by Gasteiger charge is -2.11. The van der Waals surface area contributed by atoms with E-state index < -0.39 is 16.0 Å². The maximum absolute atomic E-state index is 12.4. The van der Waals surface area contributed by atoms with Gasteiger partial charge >= 0.3 is 5.97 Å². The molecule has 1 aromatic carbocycles. The first-order valence-electron chi connectivity index (χ1n) is 8.68. The predicted molar refractivity (Wildman–Crippen MR) is 107 cm³/mol. The predicted octanol–water partition coefficient (Wildman–Crippen LogP) is 2.74. The third-order valence-electron chi connectivity index (χ3n) is 4.31. The lowest BCUT2D eigenvalue weighted by Crippen LogP contribution is -2.22. The number of nitrogens with zero attached hydrogens (tertiary/aromatic N) is 4. The maximum atomic E-state index is 12.4. The minimum Gasteiger partial charge on any atom is -0.453 e. The number of sulfonamides is 1. The van der Waals surface area contributed by atoms with Crippen molar-refractivity contribution in [2.75, 3.05) is 14.1 Å². The summed E-state index contributed by atoms with van der Waals surface area (Å²) in [6.45, 7) is 6.17. The van der Waals surface area contributed by atoms with Gasteiger partial charge in [0.25, 0.3) is 0 Å². The summed E-state index contributed by atoms with van der Waals surface area (Å²) in [5.41, 5.74) is 1.98. The van der Waals surface area contributed by atoms with Crippen molar-refractivity contribution in [3.63, 3.8) is 0 Å². The van der Waals surface area contributed by atoms with Gasteiger partial charge in [-0.05, 0) is 39.0 Å². The van der Waals surface area contributed by atoms with Gasteiger partial charge < -0.3 is 9.30 Å². The molecule has 0 amide bonds. The van der Waals surface area contributed by atoms with E-state index in [0.29, 0.717) is 28.5 Å². The van der Waals surface area contributed by atoms with Crippen LogP contribution in [0.3, 0.4) is 0 Å². The first-order valence-corrected chi connectivity index (χ1v) is 10.9. The quantitative estimate of drug-likeness (QED) is 0.567. The molecule has 0 bridgehead atoms. The van der Waals surface area contributed by atoms with Crippen molar-refractivity contribution < 1.29 is 17.9 Å². The Kier molecular flexibility index (Phi) is 5.55. The highest BCUT2D eigenvalue weighted by Crippen LogP contribution is 2.23. The summed E-state index contributed by atoms with van der Waals surface area (Å²) >= 11 is 1.30. The molecular formula is C18H22N4O4S2. The molecule has 0 radical (unpaired) electrons. The van der Waals surface area contributed by atoms with Crippen LogP contribution in [0, 0.1) is 13.8 Å². The average Bonchev–Trinajstić information content (AvgIpc) is 3.17. The van der Waals surface area contributed by atoms with Crippen LogP contribution in [-0.2, 0) is 27.9 Å². The zero-order valence-corrected chi connectivity index (χ0v) is 18.0. The number of hydrogen-bond donors (Lipinski definition) is 0. The molecule has 0 N–H and O–H groups in total. The monoisotopic (exact) mass is 422 g/mol. The van der Waals surface area contributed by atoms with Gasteiger partial charge in [-0.25, -0.2) is 27.5 Å². The van der Waals surface area contributed by atoms with E-state index in [1.165, 1.54) is 25.4 Å². The fraction of sp³-hybridized carbons (Fsp3) is 0.389. The molecular weight excluding hydrogens is 400 g/mol. The van der Waals surface area contributed by atoms with Gasteiger partial charge in [0.1, 0.15) is 17.3 Å². The smallest absolute Gasteiger partial charge is 0.350 e. The van der Waals surface area contributed by atoms with Gasteiger partial charge in [-0.1, -0.05) is 0 Å². The van der Waals surface area contributed by atoms with Gasteiger partial charge in [0, 0.05) is 20.6 Å². The van der Waals surface area contributed by atoms with Crippen molar-refractivity contribution in [1.82, 2.24) is 18.8 Å². The first-order chi connectivity index (χ1) is 13.1. The molecule has 0 saturated carbocycles. The number of rotatable bonds is 6. The van der Waals surface area contributed by atoms with Crippen molar-refractivity contribution >= 4 is 38.4 Å². The number of benzene rings is 1. The SMILES string of the molecule is CCn1c(COC(=O)c2sc(C)nc2C)nc2cc(S(=O)(=O)N(C)C)ccc21. The van der Waals surface area contributed by atoms with Crippen LogP contribution in [0.4, 0.5) is 0 Å². The van der Waals surface area contributed by atoms with Gasteiger partial charge in [0.05, 0.1) is 26.6 Å². The normalized spacial score (nSPS) is 12.1. The van der Waals surface area contributed by atoms with Crippen LogP contribution in [-0.4, -0.2) is 47.3 Å². The van der Waals surface area contributed by atoms with Crippen LogP contribution in [0.15, 0.2) is 23.1 Å². The summed E-state index contributed by atoms with van der Waals surface area (Å²) in [7, 11) is -0.581. The highest BCUT2D eigenvalue weighted by Gasteiger charge is 2.21. The second kappa shape index (κ2) is 7.61. The van der Waals surface area contributed by atoms with Crippen LogP contribution in [0.5, 0.6) is 0 Å². The van der Waals surface area contributed by atoms with E-state index in [1.807, 2.05) is 18.4 Å². The third kappa shape index (κ3) is 3.67. The van der Waals surface area contributed by atoms with E-state index in [2.05, 4.69) is 9.97 Å². The summed E-state index contributed by atoms with van der Waals surface area (Å²) in [4.78, 5) is 21.7. The molecule has 28 heavy (non-hydrogen) atoms. The van der Waals surface area contributed by atoms with E-state index in [4.69, 9.17) is 4.74 Å². The van der Waals surface area contributed by atoms with E-state index in [0.717, 1.165) is 14.8 Å². The molecule has 3 aromatic rings. The Hall–Kier alpha value is -2.30. The van der Waals surface area contributed by atoms with Gasteiger partial charge in [0.15, 0.2) is 0 Å². The number of aromatic nitrogens is 3. The Morgan fingerprint density at radius 1 is 1.25 bits per heavy atom. The number of fused-ring (bicyclic) bond motifs is 1. The van der Waals surface area contributed by atoms with Crippen LogP contribution in [0.25, 0.3) is 11.0 Å². The zero-order chi connectivity index (χ0) is 20.6. The van der Waals surface area contributed by atoms with Crippen LogP contribution >= 0.6 is 11.3 Å². The van der Waals surface area contributed by atoms with Crippen molar-refractivity contribution in [2.24, 2.45) is 0 Å². The second-order valence-electron chi connectivity index (χ2n) is 6.43. The third-order valence-corrected chi connectivity index (χ3v) is 7.18. The van der Waals surface area contributed by atoms with Gasteiger partial charge in [-0.15, -0.1) is 11.3 Å². The number of esters is 1. The molecule has 150 valence electrons. The molecule has 2 aromatic heterocycles. The standard InChI is InChI=1S/C18H22N4O4S2/c1-6-22-15-8-7-13(28(24,25)21(4)5)9-14(15)20-16(22)10-26-18(23)17-11(2)19-12(3)27-17/h7-9H,6,10H2,1-5H3. The highest BCUT2D eigenvalue weighted by atomic mass is 32.2. The summed E-state index contributed by atoms with van der Waals surface area (Å²) in [6.07, 6.45) is 0. The molecule has 10 heteroatoms. The molecule has 2 heterocycles. The van der Waals surface area contributed by atoms with Crippen LogP contribution in [0.1, 0.15) is 33.1 Å². The average molecular weight is 423 g/mol. The summed E-state index contributed by atoms with van der Waals surface area (Å²) < 4.78 is 33.2. The molecule has 8 nitrogen and oxygen atoms in total. The zero-order valence-electron chi connectivity index (χ0n) is 16.4. The number of ether oxygens (including phenoxy) is 1. The lowest BCUT2D eigenvalue weighted by atomic mass is 10.3. The van der Waals surface area contributed by atoms with E-state index in [9.17, 15) is 13.2 Å². The Labute approximate surface area is 167 Å². The summed E-state index contributed by atoms with van der Waals surface area (Å²) in [5.74, 6) is 0.123. The summed E-state index contributed by atoms with van der Waals surface area (Å²) in [5, 5.41) is 0.805. The Balaban J connectivity index is 1.91. The number of carbonyl (C=O) groups is 1. The number of hydrogen-bond acceptors (Lipinski definition) is 7. The molecule has 0 aliphatic carbocycles. The molecule has 0 atom stereocenters. The fourth-order valence-electron chi connectivity index (χ4n) is 2.91. The molecule has 0 saturated heterocycles. The molecule has 0 fully saturated rings. The maximum Gasteiger partial charge on any atom is 0.350 e. The number of aryl methyl sites for hydroxylation is 3. The van der Waals surface area contributed by atoms with E-state index >= 15 is 0 Å². The number of carbonyl (C=O) groups excluding carboxylic acids is 1. The molecule has 0 unspecified atom stereocenters. The molecule has 0 spiro atoms. The fourth-order valence-corrected chi connectivity index (χ4v) is 4.65. The van der Waals surface area contributed by atoms with Crippen LogP contribution < -0.4 is 0 Å². The lowest BCUT2D eigenvalue weighted by molar-refractivity contribution is 0.0463. The van der Waals surface area contributed by atoms with Crippen molar-refractivity contribution in [3.05, 3.63) is 39.6 Å². The molecule has 0 aliphatic rings. The molecule has 0 aliphatic heterocycles. The van der Waals surface area contributed by atoms with Gasteiger partial charge in [-0.2, -0.15) is 0 Å². The van der Waals surface area contributed by atoms with Crippen molar-refractivity contribution in [3.8, 4) is 0 Å².